The van der Waals surface area contributed by atoms with Gasteiger partial charge in [0.15, 0.2) is 0 Å². The molecular formula is C15H23NO. The lowest BCUT2D eigenvalue weighted by Gasteiger charge is -2.28. The minimum absolute atomic E-state index is 0.363. The average Bonchev–Trinajstić information content (AvgIpc) is 2.35. The molecule has 94 valence electrons. The first kappa shape index (κ1) is 12.3. The summed E-state index contributed by atoms with van der Waals surface area (Å²) in [6.45, 7) is 4.35. The first-order valence-corrected chi connectivity index (χ1v) is 6.71. The summed E-state index contributed by atoms with van der Waals surface area (Å²) in [6.07, 6.45) is 6.61. The molecule has 2 N–H and O–H groups in total. The highest BCUT2D eigenvalue weighted by Gasteiger charge is 2.21. The fraction of sp³-hybridized carbons (Fsp3) is 0.600. The van der Waals surface area contributed by atoms with Crippen molar-refractivity contribution in [2.45, 2.75) is 52.1 Å². The number of nitrogens with two attached hydrogens (primary N) is 1. The van der Waals surface area contributed by atoms with Gasteiger partial charge in [-0.3, -0.25) is 0 Å². The highest BCUT2D eigenvalue weighted by atomic mass is 16.5. The zero-order valence-corrected chi connectivity index (χ0v) is 10.9. The molecule has 2 heteroatoms. The molecule has 2 nitrogen and oxygen atoms in total. The van der Waals surface area contributed by atoms with Gasteiger partial charge in [-0.15, -0.1) is 0 Å². The standard InChI is InChI=1S/C15H23NO/c1-3-12-5-7-13(8-6-12)17-15-10-11(2)4-9-14(15)16/h4,9-10,12-13H,3,5-8,16H2,1-2H3. The van der Waals surface area contributed by atoms with Crippen LogP contribution in [0.15, 0.2) is 18.2 Å². The maximum absolute atomic E-state index is 6.03. The van der Waals surface area contributed by atoms with Crippen molar-refractivity contribution in [2.24, 2.45) is 5.92 Å². The molecule has 1 saturated carbocycles. The molecule has 0 aliphatic heterocycles. The zero-order valence-electron chi connectivity index (χ0n) is 10.9. The molecule has 0 aromatic heterocycles. The maximum Gasteiger partial charge on any atom is 0.142 e. The van der Waals surface area contributed by atoms with Gasteiger partial charge in [0, 0.05) is 0 Å². The van der Waals surface area contributed by atoms with Crippen LogP contribution < -0.4 is 10.5 Å². The Kier molecular flexibility index (Phi) is 3.93. The van der Waals surface area contributed by atoms with Crippen LogP contribution in [0.25, 0.3) is 0 Å². The van der Waals surface area contributed by atoms with Crippen molar-refractivity contribution in [3.63, 3.8) is 0 Å². The number of rotatable bonds is 3. The van der Waals surface area contributed by atoms with E-state index in [2.05, 4.69) is 13.8 Å². The topological polar surface area (TPSA) is 35.2 Å². The number of ether oxygens (including phenoxy) is 1. The van der Waals surface area contributed by atoms with Gasteiger partial charge in [-0.1, -0.05) is 19.4 Å². The van der Waals surface area contributed by atoms with Gasteiger partial charge in [0.1, 0.15) is 5.75 Å². The lowest BCUT2D eigenvalue weighted by molar-refractivity contribution is 0.130. The average molecular weight is 233 g/mol. The van der Waals surface area contributed by atoms with Crippen molar-refractivity contribution < 1.29 is 4.74 Å². The lowest BCUT2D eigenvalue weighted by atomic mass is 9.86. The second kappa shape index (κ2) is 5.44. The van der Waals surface area contributed by atoms with Gasteiger partial charge in [0.2, 0.25) is 0 Å². The van der Waals surface area contributed by atoms with Crippen molar-refractivity contribution in [1.29, 1.82) is 0 Å². The molecular weight excluding hydrogens is 210 g/mol. The third-order valence-electron chi connectivity index (χ3n) is 3.83. The predicted octanol–water partition coefficient (Wildman–Crippen LogP) is 3.92. The number of hydrogen-bond acceptors (Lipinski definition) is 2. The van der Waals surface area contributed by atoms with E-state index in [1.165, 1.54) is 37.7 Å². The molecule has 17 heavy (non-hydrogen) atoms. The van der Waals surface area contributed by atoms with E-state index in [1.54, 1.807) is 0 Å². The first-order chi connectivity index (χ1) is 8.19. The SMILES string of the molecule is CCC1CCC(Oc2cc(C)ccc2N)CC1. The van der Waals surface area contributed by atoms with Crippen LogP contribution in [0.4, 0.5) is 5.69 Å². The van der Waals surface area contributed by atoms with Crippen LogP contribution in [0.2, 0.25) is 0 Å². The van der Waals surface area contributed by atoms with E-state index in [0.29, 0.717) is 6.10 Å². The summed E-state index contributed by atoms with van der Waals surface area (Å²) in [4.78, 5) is 0. The molecule has 0 amide bonds. The Morgan fingerprint density at radius 2 is 1.94 bits per heavy atom. The maximum atomic E-state index is 6.03. The fourth-order valence-corrected chi connectivity index (χ4v) is 2.58. The number of hydrogen-bond donors (Lipinski definition) is 1. The van der Waals surface area contributed by atoms with E-state index in [1.807, 2.05) is 18.2 Å². The van der Waals surface area contributed by atoms with Crippen LogP contribution in [0, 0.1) is 12.8 Å². The molecule has 0 unspecified atom stereocenters. The Hall–Kier alpha value is -1.18. The van der Waals surface area contributed by atoms with Gasteiger partial charge in [0.25, 0.3) is 0 Å². The molecule has 0 spiro atoms. The predicted molar refractivity (Wildman–Crippen MR) is 72.3 cm³/mol. The number of benzene rings is 1. The Balaban J connectivity index is 1.95. The number of nitrogen functional groups attached to an aromatic ring is 1. The van der Waals surface area contributed by atoms with Crippen LogP contribution in [0.1, 0.15) is 44.6 Å². The van der Waals surface area contributed by atoms with Gasteiger partial charge < -0.3 is 10.5 Å². The highest BCUT2D eigenvalue weighted by molar-refractivity contribution is 5.53. The summed E-state index contributed by atoms with van der Waals surface area (Å²) in [5.41, 5.74) is 7.90. The summed E-state index contributed by atoms with van der Waals surface area (Å²) in [7, 11) is 0. The molecule has 1 aliphatic rings. The van der Waals surface area contributed by atoms with Crippen LogP contribution in [0.3, 0.4) is 0 Å². The van der Waals surface area contributed by atoms with Gasteiger partial charge in [-0.2, -0.15) is 0 Å². The second-order valence-corrected chi connectivity index (χ2v) is 5.21. The molecule has 1 aliphatic carbocycles. The van der Waals surface area contributed by atoms with Crippen LogP contribution in [0.5, 0.6) is 5.75 Å². The van der Waals surface area contributed by atoms with E-state index in [9.17, 15) is 0 Å². The first-order valence-electron chi connectivity index (χ1n) is 6.71. The molecule has 0 atom stereocenters. The Morgan fingerprint density at radius 3 is 2.59 bits per heavy atom. The Bertz CT molecular complexity index is 367. The molecule has 0 bridgehead atoms. The van der Waals surface area contributed by atoms with Gasteiger partial charge in [-0.05, 0) is 56.2 Å². The fourth-order valence-electron chi connectivity index (χ4n) is 2.58. The number of aryl methyl sites for hydroxylation is 1. The van der Waals surface area contributed by atoms with Crippen LogP contribution >= 0.6 is 0 Å². The molecule has 1 fully saturated rings. The summed E-state index contributed by atoms with van der Waals surface area (Å²) in [6, 6.07) is 6.00. The molecule has 1 aromatic carbocycles. The van der Waals surface area contributed by atoms with E-state index in [0.717, 1.165) is 17.4 Å². The highest BCUT2D eigenvalue weighted by Crippen LogP contribution is 2.31. The van der Waals surface area contributed by atoms with E-state index >= 15 is 0 Å². The van der Waals surface area contributed by atoms with E-state index in [4.69, 9.17) is 10.5 Å². The largest absolute Gasteiger partial charge is 0.488 e. The normalized spacial score (nSPS) is 24.6. The summed E-state index contributed by atoms with van der Waals surface area (Å²) in [5.74, 6) is 1.77. The van der Waals surface area contributed by atoms with Crippen LogP contribution in [-0.4, -0.2) is 6.10 Å². The van der Waals surface area contributed by atoms with Gasteiger partial charge in [0.05, 0.1) is 11.8 Å². The Morgan fingerprint density at radius 1 is 1.24 bits per heavy atom. The van der Waals surface area contributed by atoms with Crippen LogP contribution in [-0.2, 0) is 0 Å². The smallest absolute Gasteiger partial charge is 0.142 e. The van der Waals surface area contributed by atoms with Gasteiger partial charge in [-0.25, -0.2) is 0 Å². The summed E-state index contributed by atoms with van der Waals surface area (Å²) >= 11 is 0. The summed E-state index contributed by atoms with van der Waals surface area (Å²) < 4.78 is 6.03. The zero-order chi connectivity index (χ0) is 12.3. The summed E-state index contributed by atoms with van der Waals surface area (Å²) in [5, 5.41) is 0. The van der Waals surface area contributed by atoms with Crippen molar-refractivity contribution in [2.75, 3.05) is 5.73 Å². The monoisotopic (exact) mass is 233 g/mol. The quantitative estimate of drug-likeness (QED) is 0.803. The van der Waals surface area contributed by atoms with Gasteiger partial charge >= 0.3 is 0 Å². The molecule has 2 rings (SSSR count). The third kappa shape index (κ3) is 3.15. The van der Waals surface area contributed by atoms with E-state index in [-0.39, 0.29) is 0 Å². The minimum atomic E-state index is 0.363. The Labute approximate surface area is 104 Å². The van der Waals surface area contributed by atoms with Crippen molar-refractivity contribution in [3.05, 3.63) is 23.8 Å². The van der Waals surface area contributed by atoms with Crippen molar-refractivity contribution in [1.82, 2.24) is 0 Å². The van der Waals surface area contributed by atoms with E-state index < -0.39 is 0 Å². The molecule has 0 heterocycles. The minimum Gasteiger partial charge on any atom is -0.488 e. The molecule has 0 radical (unpaired) electrons. The lowest BCUT2D eigenvalue weighted by Crippen LogP contribution is -2.24. The molecule has 1 aromatic rings. The third-order valence-corrected chi connectivity index (χ3v) is 3.83. The number of anilines is 1. The van der Waals surface area contributed by atoms with Crippen molar-refractivity contribution >= 4 is 5.69 Å². The van der Waals surface area contributed by atoms with Crippen molar-refractivity contribution in [3.8, 4) is 5.75 Å². The second-order valence-electron chi connectivity index (χ2n) is 5.21. The molecule has 0 saturated heterocycles.